The van der Waals surface area contributed by atoms with E-state index in [9.17, 15) is 33.6 Å². The number of hydrogen-bond donors (Lipinski definition) is 4. The average molecular weight is 1350 g/mol. The lowest BCUT2D eigenvalue weighted by Crippen LogP contribution is -2.33. The summed E-state index contributed by atoms with van der Waals surface area (Å²) in [5, 5.41) is 13.6. The first-order valence-corrected chi connectivity index (χ1v) is 17.8. The fourth-order valence-electron chi connectivity index (χ4n) is 2.43. The first-order valence-electron chi connectivity index (χ1n) is 9.86. The molecule has 2 aromatic carbocycles. The number of nitrogens with two attached hydrogens (primary N) is 2. The summed E-state index contributed by atoms with van der Waals surface area (Å²) in [5.41, 5.74) is 13.2. The molecule has 0 saturated carbocycles. The van der Waals surface area contributed by atoms with Crippen LogP contribution in [0.2, 0.25) is 0 Å². The maximum atomic E-state index is 11.3. The normalized spacial score (nSPS) is 10.0. The van der Waals surface area contributed by atoms with Crippen LogP contribution in [-0.2, 0) is 19.1 Å². The van der Waals surface area contributed by atoms with Crippen molar-refractivity contribution in [3.63, 3.8) is 0 Å². The molecule has 0 spiro atoms. The molecule has 43 heavy (non-hydrogen) atoms. The van der Waals surface area contributed by atoms with Crippen molar-refractivity contribution in [3.8, 4) is 0 Å². The highest BCUT2D eigenvalue weighted by atomic mass is 127. The van der Waals surface area contributed by atoms with Gasteiger partial charge in [0.05, 0.1) is 47.9 Å². The molecule has 6 N–H and O–H groups in total. The molecule has 0 saturated heterocycles. The summed E-state index contributed by atoms with van der Waals surface area (Å²) in [6.45, 7) is 0.929. The number of carboxylic acids is 2. The van der Waals surface area contributed by atoms with Gasteiger partial charge in [-0.3, -0.25) is 24.0 Å². The zero-order valence-corrected chi connectivity index (χ0v) is 36.1. The van der Waals surface area contributed by atoms with Gasteiger partial charge in [0.2, 0.25) is 0 Å². The zero-order valence-electron chi connectivity index (χ0n) is 20.2. The summed E-state index contributed by atoms with van der Waals surface area (Å²) in [5.74, 6) is -4.35. The van der Waals surface area contributed by atoms with Crippen molar-refractivity contribution < 1.29 is 48.5 Å². The molecule has 0 aliphatic carbocycles. The molecule has 0 heterocycles. The van der Waals surface area contributed by atoms with Crippen LogP contribution in [0.5, 0.6) is 0 Å². The van der Waals surface area contributed by atoms with Gasteiger partial charge in [0, 0.05) is 14.1 Å². The minimum atomic E-state index is -2.10. The van der Waals surface area contributed by atoms with E-state index < -0.39 is 45.0 Å². The number of ether oxygens (including phenoxy) is 1. The molecule has 234 valence electrons. The van der Waals surface area contributed by atoms with Crippen LogP contribution in [-0.4, -0.2) is 55.2 Å². The van der Waals surface area contributed by atoms with Crippen molar-refractivity contribution in [1.29, 1.82) is 0 Å². The van der Waals surface area contributed by atoms with Crippen LogP contribution < -0.4 is 11.5 Å². The highest BCUT2D eigenvalue weighted by Gasteiger charge is 2.29. The fraction of sp³-hybridized carbons (Fsp3) is 0.0952. The lowest BCUT2D eigenvalue weighted by Gasteiger charge is -2.12. The highest BCUT2D eigenvalue weighted by Crippen LogP contribution is 2.36. The quantitative estimate of drug-likeness (QED) is 0.0742. The van der Waals surface area contributed by atoms with E-state index in [2.05, 4.69) is 4.74 Å². The number of rotatable bonds is 7. The molecule has 2 rings (SSSR count). The highest BCUT2D eigenvalue weighted by molar-refractivity contribution is 14.1. The molecule has 0 radical (unpaired) electrons. The maximum absolute atomic E-state index is 11.3. The van der Waals surface area contributed by atoms with Gasteiger partial charge in [-0.05, 0) is 182 Å². The van der Waals surface area contributed by atoms with Gasteiger partial charge in [0.15, 0.2) is 0 Å². The second-order valence-corrected chi connectivity index (χ2v) is 14.8. The lowest BCUT2D eigenvalue weighted by atomic mass is 10.1. The van der Waals surface area contributed by atoms with E-state index in [0.29, 0.717) is 32.8 Å². The summed E-state index contributed by atoms with van der Waals surface area (Å²) in [7, 11) is 0. The Labute approximate surface area is 343 Å². The summed E-state index contributed by atoms with van der Waals surface area (Å²) in [6.07, 6.45) is -2.10. The molecule has 2 aromatic rings. The zero-order chi connectivity index (χ0) is 34.3. The molecule has 0 aliphatic rings. The van der Waals surface area contributed by atoms with Crippen molar-refractivity contribution in [2.45, 2.75) is 13.0 Å². The Hall–Kier alpha value is 0.670. The molecule has 0 bridgehead atoms. The Morgan fingerprint density at radius 1 is 0.558 bits per heavy atom. The Kier molecular flexibility index (Phi) is 19.8. The molecule has 0 aliphatic heterocycles. The van der Waals surface area contributed by atoms with E-state index in [1.165, 1.54) is 0 Å². The maximum Gasteiger partial charge on any atom is 0.356 e. The molecule has 0 aromatic heterocycles. The van der Waals surface area contributed by atoms with Crippen LogP contribution in [0.1, 0.15) is 48.4 Å². The fourth-order valence-corrected chi connectivity index (χ4v) is 12.8. The largest absolute Gasteiger partial charge is 0.478 e. The van der Waals surface area contributed by atoms with Crippen molar-refractivity contribution in [1.82, 2.24) is 0 Å². The molecule has 0 fully saturated rings. The number of nitrogen functional groups attached to an aromatic ring is 2. The predicted octanol–water partition coefficient (Wildman–Crippen LogP) is 6.77. The second-order valence-electron chi connectivity index (χ2n) is 6.97. The summed E-state index contributed by atoms with van der Waals surface area (Å²) in [6, 6.07) is 0. The Morgan fingerprint density at radius 2 is 0.767 bits per heavy atom. The number of carboxylic acid groups (broad SMARTS) is 2. The Balaban J connectivity index is 0.000000629. The molecular weight excluding hydrogens is 1340 g/mol. The minimum Gasteiger partial charge on any atom is -0.478 e. The van der Waals surface area contributed by atoms with E-state index in [4.69, 9.17) is 68.1 Å². The average Bonchev–Trinajstić information content (AvgIpc) is 2.84. The van der Waals surface area contributed by atoms with Crippen LogP contribution in [0, 0.1) is 21.4 Å². The Morgan fingerprint density at radius 3 is 0.884 bits per heavy atom. The van der Waals surface area contributed by atoms with Crippen molar-refractivity contribution >= 4 is 232 Å². The summed E-state index contributed by atoms with van der Waals surface area (Å²) >= 11 is 33.2. The van der Waals surface area contributed by atoms with Gasteiger partial charge in [0.25, 0.3) is 27.1 Å². The second kappa shape index (κ2) is 19.5. The molecule has 0 atom stereocenters. The SMILES string of the molecule is CC(=O)OC(C(=O)O)C(=O)O.Nc1c(I)c(C(=O)Cl)c(I)c(C(=O)Cl)c1I.Nc1c(I)c(C(=O)Cl)c(I)c(C(=O)Cl)c1I. The topological polar surface area (TPSA) is 221 Å². The van der Waals surface area contributed by atoms with E-state index in [1.54, 1.807) is 0 Å². The first-order chi connectivity index (χ1) is 19.5. The van der Waals surface area contributed by atoms with Gasteiger partial charge in [-0.15, -0.1) is 0 Å². The number of carbonyl (C=O) groups is 7. The van der Waals surface area contributed by atoms with E-state index >= 15 is 0 Å². The van der Waals surface area contributed by atoms with Crippen LogP contribution in [0.3, 0.4) is 0 Å². The lowest BCUT2D eigenvalue weighted by molar-refractivity contribution is -0.173. The Bertz CT molecular complexity index is 1370. The number of aliphatic carboxylic acids is 2. The van der Waals surface area contributed by atoms with Crippen molar-refractivity contribution in [2.75, 3.05) is 11.5 Å². The van der Waals surface area contributed by atoms with E-state index in [1.807, 2.05) is 136 Å². The van der Waals surface area contributed by atoms with Crippen LogP contribution in [0.4, 0.5) is 11.4 Å². The number of hydrogen-bond acceptors (Lipinski definition) is 10. The number of esters is 1. The van der Waals surface area contributed by atoms with Gasteiger partial charge >= 0.3 is 17.9 Å². The molecule has 0 amide bonds. The van der Waals surface area contributed by atoms with Gasteiger partial charge in [-0.2, -0.15) is 0 Å². The standard InChI is InChI=1S/2C8H2Cl2I3NO2.C5H6O6/c2*9-7(15)1-3(11)2(8(10)16)5(13)6(14)4(1)12;1-2(6)11-3(4(7)8)5(9)10/h2*14H2;3H,1H3,(H,7,8)(H,9,10). The number of benzene rings is 2. The van der Waals surface area contributed by atoms with E-state index in [0.717, 1.165) is 6.92 Å². The van der Waals surface area contributed by atoms with Crippen LogP contribution in [0.15, 0.2) is 0 Å². The smallest absolute Gasteiger partial charge is 0.356 e. The van der Waals surface area contributed by atoms with Crippen LogP contribution in [0.25, 0.3) is 0 Å². The number of carbonyl (C=O) groups excluding carboxylic acids is 5. The third kappa shape index (κ3) is 12.0. The summed E-state index contributed by atoms with van der Waals surface area (Å²) in [4.78, 5) is 75.2. The molecule has 12 nitrogen and oxygen atoms in total. The minimum absolute atomic E-state index is 0.227. The predicted molar refractivity (Wildman–Crippen MR) is 210 cm³/mol. The monoisotopic (exact) mass is 1350 g/mol. The van der Waals surface area contributed by atoms with Crippen molar-refractivity contribution in [3.05, 3.63) is 43.7 Å². The third-order valence-corrected chi connectivity index (χ3v) is 11.6. The van der Waals surface area contributed by atoms with Gasteiger partial charge in [0.1, 0.15) is 0 Å². The number of halogens is 10. The van der Waals surface area contributed by atoms with Crippen molar-refractivity contribution in [2.24, 2.45) is 0 Å². The van der Waals surface area contributed by atoms with E-state index in [-0.39, 0.29) is 22.3 Å². The molecule has 22 heteroatoms. The molecular formula is C21H10Cl4I6N2O10. The van der Waals surface area contributed by atoms with Gasteiger partial charge in [-0.1, -0.05) is 0 Å². The van der Waals surface area contributed by atoms with Crippen LogP contribution >= 0.6 is 182 Å². The third-order valence-electron chi connectivity index (χ3n) is 4.22. The van der Waals surface area contributed by atoms with Gasteiger partial charge < -0.3 is 26.4 Å². The number of anilines is 2. The van der Waals surface area contributed by atoms with Gasteiger partial charge in [-0.25, -0.2) is 9.59 Å². The first kappa shape index (κ1) is 43.7. The summed E-state index contributed by atoms with van der Waals surface area (Å²) < 4.78 is 6.94. The molecule has 0 unspecified atom stereocenters.